The average Bonchev–Trinajstić information content (AvgIpc) is 2.97. The van der Waals surface area contributed by atoms with Crippen LogP contribution in [0.5, 0.6) is 5.75 Å². The van der Waals surface area contributed by atoms with E-state index in [1.54, 1.807) is 17.0 Å². The number of aryl methyl sites for hydroxylation is 1. The number of likely N-dealkylation sites (N-methyl/N-ethyl adjacent to an activating group) is 1. The minimum absolute atomic E-state index is 0.0392. The van der Waals surface area contributed by atoms with Crippen molar-refractivity contribution in [3.8, 4) is 11.8 Å². The molecular weight excluding hydrogens is 358 g/mol. The van der Waals surface area contributed by atoms with Crippen molar-refractivity contribution >= 4 is 34.6 Å². The van der Waals surface area contributed by atoms with Crippen LogP contribution in [0.1, 0.15) is 18.1 Å². The molecule has 1 fully saturated rings. The van der Waals surface area contributed by atoms with E-state index in [0.29, 0.717) is 22.4 Å². The zero-order chi connectivity index (χ0) is 19.2. The number of hydrogen-bond donors (Lipinski definition) is 0. The summed E-state index contributed by atoms with van der Waals surface area (Å²) in [6.07, 6.45) is 1.79. The Hall–Kier alpha value is -3.04. The molecule has 1 heterocycles. The van der Waals surface area contributed by atoms with Crippen LogP contribution in [0.25, 0.3) is 6.08 Å². The fourth-order valence-electron chi connectivity index (χ4n) is 2.58. The van der Waals surface area contributed by atoms with Gasteiger partial charge in [-0.05, 0) is 49.9 Å². The monoisotopic (exact) mass is 377 g/mol. The first kappa shape index (κ1) is 18.7. The third-order valence-electron chi connectivity index (χ3n) is 3.96. The SMILES string of the molecule is CCN1C(=O)/C(=C\c2ccccc2OCC#N)SC1=Nc1ccc(C)cc1. The summed E-state index contributed by atoms with van der Waals surface area (Å²) in [7, 11) is 0. The van der Waals surface area contributed by atoms with E-state index in [0.717, 1.165) is 16.8 Å². The smallest absolute Gasteiger partial charge is 0.266 e. The Balaban J connectivity index is 1.92. The van der Waals surface area contributed by atoms with E-state index in [4.69, 9.17) is 10.00 Å². The second-order valence-electron chi connectivity index (χ2n) is 5.87. The zero-order valence-corrected chi connectivity index (χ0v) is 16.0. The molecule has 0 unspecified atom stereocenters. The van der Waals surface area contributed by atoms with Crippen molar-refractivity contribution in [1.29, 1.82) is 5.26 Å². The molecule has 1 saturated heterocycles. The second-order valence-corrected chi connectivity index (χ2v) is 6.88. The molecule has 6 heteroatoms. The number of benzene rings is 2. The van der Waals surface area contributed by atoms with Crippen molar-refractivity contribution in [3.63, 3.8) is 0 Å². The molecule has 3 rings (SSSR count). The first-order valence-electron chi connectivity index (χ1n) is 8.58. The predicted octanol–water partition coefficient (Wildman–Crippen LogP) is 4.52. The molecule has 1 amide bonds. The fraction of sp³-hybridized carbons (Fsp3) is 0.190. The van der Waals surface area contributed by atoms with Crippen LogP contribution in [0.15, 0.2) is 58.4 Å². The molecule has 0 aromatic heterocycles. The number of aliphatic imine (C=N–C) groups is 1. The summed E-state index contributed by atoms with van der Waals surface area (Å²) >= 11 is 1.34. The summed E-state index contributed by atoms with van der Waals surface area (Å²) < 4.78 is 5.45. The third kappa shape index (κ3) is 4.39. The lowest BCUT2D eigenvalue weighted by Crippen LogP contribution is -2.28. The van der Waals surface area contributed by atoms with Gasteiger partial charge in [-0.15, -0.1) is 0 Å². The molecule has 0 spiro atoms. The lowest BCUT2D eigenvalue weighted by Gasteiger charge is -2.12. The van der Waals surface area contributed by atoms with Crippen LogP contribution in [0.4, 0.5) is 5.69 Å². The Morgan fingerprint density at radius 1 is 1.22 bits per heavy atom. The third-order valence-corrected chi connectivity index (χ3v) is 4.97. The summed E-state index contributed by atoms with van der Waals surface area (Å²) in [5.41, 5.74) is 2.74. The van der Waals surface area contributed by atoms with Crippen molar-refractivity contribution in [2.75, 3.05) is 13.2 Å². The highest BCUT2D eigenvalue weighted by atomic mass is 32.2. The maximum atomic E-state index is 12.8. The van der Waals surface area contributed by atoms with Gasteiger partial charge < -0.3 is 4.74 Å². The van der Waals surface area contributed by atoms with Gasteiger partial charge in [0.25, 0.3) is 5.91 Å². The van der Waals surface area contributed by atoms with Gasteiger partial charge in [-0.25, -0.2) is 4.99 Å². The molecule has 27 heavy (non-hydrogen) atoms. The fourth-order valence-corrected chi connectivity index (χ4v) is 3.64. The van der Waals surface area contributed by atoms with E-state index >= 15 is 0 Å². The summed E-state index contributed by atoms with van der Waals surface area (Å²) in [6, 6.07) is 17.2. The van der Waals surface area contributed by atoms with Gasteiger partial charge in [0, 0.05) is 12.1 Å². The zero-order valence-electron chi connectivity index (χ0n) is 15.2. The summed E-state index contributed by atoms with van der Waals surface area (Å²) in [5, 5.41) is 9.39. The van der Waals surface area contributed by atoms with Crippen molar-refractivity contribution in [2.45, 2.75) is 13.8 Å². The summed E-state index contributed by atoms with van der Waals surface area (Å²) in [4.78, 5) is 19.7. The Labute approximate surface area is 163 Å². The van der Waals surface area contributed by atoms with E-state index in [2.05, 4.69) is 4.99 Å². The van der Waals surface area contributed by atoms with E-state index < -0.39 is 0 Å². The lowest BCUT2D eigenvalue weighted by molar-refractivity contribution is -0.122. The van der Waals surface area contributed by atoms with Gasteiger partial charge in [-0.3, -0.25) is 9.69 Å². The van der Waals surface area contributed by atoms with Crippen molar-refractivity contribution in [3.05, 3.63) is 64.6 Å². The second kappa shape index (κ2) is 8.56. The number of rotatable bonds is 5. The number of para-hydroxylation sites is 1. The highest BCUT2D eigenvalue weighted by Crippen LogP contribution is 2.35. The molecule has 2 aromatic rings. The molecule has 0 atom stereocenters. The van der Waals surface area contributed by atoms with Gasteiger partial charge in [0.1, 0.15) is 11.8 Å². The van der Waals surface area contributed by atoms with E-state index in [-0.39, 0.29) is 12.5 Å². The van der Waals surface area contributed by atoms with Crippen LogP contribution in [0.3, 0.4) is 0 Å². The minimum atomic E-state index is -0.0801. The Morgan fingerprint density at radius 2 is 1.96 bits per heavy atom. The Bertz CT molecular complexity index is 943. The lowest BCUT2D eigenvalue weighted by atomic mass is 10.2. The van der Waals surface area contributed by atoms with Crippen molar-refractivity contribution in [1.82, 2.24) is 4.90 Å². The van der Waals surface area contributed by atoms with Gasteiger partial charge >= 0.3 is 0 Å². The molecule has 1 aliphatic rings. The molecule has 136 valence electrons. The molecule has 0 N–H and O–H groups in total. The van der Waals surface area contributed by atoms with Gasteiger partial charge in [0.2, 0.25) is 0 Å². The van der Waals surface area contributed by atoms with Gasteiger partial charge in [0.05, 0.1) is 10.6 Å². The highest BCUT2D eigenvalue weighted by Gasteiger charge is 2.32. The molecular formula is C21H19N3O2S. The van der Waals surface area contributed by atoms with Gasteiger partial charge in [0.15, 0.2) is 11.8 Å². The normalized spacial score (nSPS) is 16.8. The topological polar surface area (TPSA) is 65.7 Å². The quantitative estimate of drug-likeness (QED) is 0.719. The van der Waals surface area contributed by atoms with Crippen LogP contribution in [0.2, 0.25) is 0 Å². The number of amides is 1. The minimum Gasteiger partial charge on any atom is -0.478 e. The first-order valence-corrected chi connectivity index (χ1v) is 9.39. The maximum absolute atomic E-state index is 12.8. The maximum Gasteiger partial charge on any atom is 0.266 e. The highest BCUT2D eigenvalue weighted by molar-refractivity contribution is 8.18. The van der Waals surface area contributed by atoms with Crippen molar-refractivity contribution in [2.24, 2.45) is 4.99 Å². The number of nitrogens with zero attached hydrogens (tertiary/aromatic N) is 3. The molecule has 0 aliphatic carbocycles. The van der Waals surface area contributed by atoms with E-state index in [9.17, 15) is 4.79 Å². The number of carbonyl (C=O) groups is 1. The van der Waals surface area contributed by atoms with E-state index in [1.807, 2.05) is 62.4 Å². The predicted molar refractivity (Wildman–Crippen MR) is 109 cm³/mol. The van der Waals surface area contributed by atoms with Crippen LogP contribution in [0, 0.1) is 18.3 Å². The standard InChI is InChI=1S/C21H19N3O2S/c1-3-24-20(25)19(14-16-6-4-5-7-18(16)26-13-12-22)27-21(24)23-17-10-8-15(2)9-11-17/h4-11,14H,3,13H2,1-2H3/b19-14+,23-21?. The number of amidine groups is 1. The summed E-state index contributed by atoms with van der Waals surface area (Å²) in [5.74, 6) is 0.496. The Morgan fingerprint density at radius 3 is 2.67 bits per heavy atom. The molecule has 2 aromatic carbocycles. The molecule has 0 saturated carbocycles. The number of nitriles is 1. The first-order chi connectivity index (χ1) is 13.1. The van der Waals surface area contributed by atoms with Crippen LogP contribution in [-0.2, 0) is 4.79 Å². The number of ether oxygens (including phenoxy) is 1. The van der Waals surface area contributed by atoms with Crippen molar-refractivity contribution < 1.29 is 9.53 Å². The van der Waals surface area contributed by atoms with E-state index in [1.165, 1.54) is 11.8 Å². The molecule has 1 aliphatic heterocycles. The Kier molecular flexibility index (Phi) is 5.94. The van der Waals surface area contributed by atoms with Gasteiger partial charge in [-0.2, -0.15) is 5.26 Å². The van der Waals surface area contributed by atoms with Crippen LogP contribution < -0.4 is 4.74 Å². The molecule has 5 nitrogen and oxygen atoms in total. The van der Waals surface area contributed by atoms with Crippen LogP contribution >= 0.6 is 11.8 Å². The van der Waals surface area contributed by atoms with Gasteiger partial charge in [-0.1, -0.05) is 35.9 Å². The molecule has 0 bridgehead atoms. The number of hydrogen-bond acceptors (Lipinski definition) is 5. The average molecular weight is 377 g/mol. The number of thioether (sulfide) groups is 1. The molecule has 0 radical (unpaired) electrons. The largest absolute Gasteiger partial charge is 0.478 e. The number of carbonyl (C=O) groups excluding carboxylic acids is 1. The van der Waals surface area contributed by atoms with Crippen LogP contribution in [-0.4, -0.2) is 29.1 Å². The summed E-state index contributed by atoms with van der Waals surface area (Å²) in [6.45, 7) is 4.45.